The highest BCUT2D eigenvalue weighted by Crippen LogP contribution is 2.34. The fourth-order valence-electron chi connectivity index (χ4n) is 1.51. The molecule has 2 rings (SSSR count). The molecule has 0 aliphatic heterocycles. The Morgan fingerprint density at radius 1 is 1.48 bits per heavy atom. The zero-order valence-electron chi connectivity index (χ0n) is 10.8. The number of aromatic nitrogens is 3. The van der Waals surface area contributed by atoms with Crippen LogP contribution >= 0.6 is 44.1 Å². The molecule has 0 fully saturated rings. The Kier molecular flexibility index (Phi) is 5.43. The molecule has 0 bridgehead atoms. The van der Waals surface area contributed by atoms with Crippen LogP contribution in [0.1, 0.15) is 12.5 Å². The van der Waals surface area contributed by atoms with Crippen molar-refractivity contribution < 1.29 is 4.74 Å². The second-order valence-electron chi connectivity index (χ2n) is 3.82. The molecule has 0 amide bonds. The van der Waals surface area contributed by atoms with Crippen LogP contribution in [0.25, 0.3) is 0 Å². The monoisotopic (exact) mass is 432 g/mol. The van der Waals surface area contributed by atoms with Crippen molar-refractivity contribution in [3.63, 3.8) is 0 Å². The number of rotatable bonds is 4. The molecular weight excluding hydrogens is 424 g/mol. The maximum Gasteiger partial charge on any atom is 0.293 e. The average Bonchev–Trinajstić information content (AvgIpc) is 2.42. The molecular formula is C12H10Br2N4O2S. The summed E-state index contributed by atoms with van der Waals surface area (Å²) >= 11 is 11.8. The van der Waals surface area contributed by atoms with Gasteiger partial charge in [0.2, 0.25) is 4.77 Å². The van der Waals surface area contributed by atoms with Gasteiger partial charge in [-0.2, -0.15) is 14.9 Å². The Bertz CT molecular complexity index is 749. The molecule has 0 unspecified atom stereocenters. The van der Waals surface area contributed by atoms with E-state index in [1.165, 1.54) is 6.21 Å². The number of benzene rings is 1. The maximum atomic E-state index is 11.6. The lowest BCUT2D eigenvalue weighted by atomic mass is 10.2. The predicted molar refractivity (Wildman–Crippen MR) is 89.7 cm³/mol. The van der Waals surface area contributed by atoms with Crippen molar-refractivity contribution >= 4 is 50.3 Å². The molecule has 0 saturated carbocycles. The van der Waals surface area contributed by atoms with E-state index < -0.39 is 5.56 Å². The maximum absolute atomic E-state index is 11.6. The topological polar surface area (TPSA) is 72.3 Å². The summed E-state index contributed by atoms with van der Waals surface area (Å²) in [5.74, 6) is 0.716. The number of nitrogens with zero attached hydrogens (tertiary/aromatic N) is 3. The summed E-state index contributed by atoms with van der Waals surface area (Å²) in [6, 6.07) is 3.66. The van der Waals surface area contributed by atoms with E-state index in [1.807, 2.05) is 19.1 Å². The minimum absolute atomic E-state index is 0.128. The van der Waals surface area contributed by atoms with Crippen LogP contribution in [0.4, 0.5) is 0 Å². The molecule has 0 radical (unpaired) electrons. The second kappa shape index (κ2) is 7.10. The number of H-pyrrole nitrogens is 1. The summed E-state index contributed by atoms with van der Waals surface area (Å²) in [7, 11) is 0. The van der Waals surface area contributed by atoms with E-state index in [4.69, 9.17) is 17.0 Å². The number of hydrogen-bond donors (Lipinski definition) is 1. The van der Waals surface area contributed by atoms with Gasteiger partial charge < -0.3 is 4.74 Å². The Balaban J connectivity index is 2.39. The van der Waals surface area contributed by atoms with Crippen molar-refractivity contribution in [3.05, 3.63) is 48.0 Å². The lowest BCUT2D eigenvalue weighted by Gasteiger charge is -2.09. The zero-order valence-corrected chi connectivity index (χ0v) is 14.8. The van der Waals surface area contributed by atoms with Gasteiger partial charge in [-0.3, -0.25) is 9.89 Å². The molecule has 0 aliphatic carbocycles. The first kappa shape index (κ1) is 16.1. The van der Waals surface area contributed by atoms with Gasteiger partial charge in [0.15, 0.2) is 0 Å². The molecule has 0 spiro atoms. The van der Waals surface area contributed by atoms with Gasteiger partial charge in [-0.05, 0) is 68.7 Å². The molecule has 21 heavy (non-hydrogen) atoms. The van der Waals surface area contributed by atoms with Crippen LogP contribution in [-0.4, -0.2) is 27.7 Å². The van der Waals surface area contributed by atoms with Crippen LogP contribution < -0.4 is 10.3 Å². The molecule has 1 heterocycles. The molecule has 0 saturated heterocycles. The first-order valence-corrected chi connectivity index (χ1v) is 7.85. The van der Waals surface area contributed by atoms with Crippen molar-refractivity contribution in [2.24, 2.45) is 5.10 Å². The standard InChI is InChI=1S/C12H10Br2N4O2S/c1-2-20-11-8(13)3-7(4-9(11)14)5-16-18-10(19)6-15-17-12(18)21/h3-6H,2H2,1H3,(H,17,21)/b16-5-. The molecule has 0 aliphatic rings. The van der Waals surface area contributed by atoms with Crippen LogP contribution in [0.5, 0.6) is 5.75 Å². The molecule has 1 aromatic heterocycles. The normalized spacial score (nSPS) is 11.0. The van der Waals surface area contributed by atoms with E-state index in [0.717, 1.165) is 25.4 Å². The summed E-state index contributed by atoms with van der Waals surface area (Å²) in [5.41, 5.74) is 0.370. The van der Waals surface area contributed by atoms with E-state index in [1.54, 1.807) is 0 Å². The Morgan fingerprint density at radius 2 is 2.14 bits per heavy atom. The van der Waals surface area contributed by atoms with Gasteiger partial charge in [-0.25, -0.2) is 0 Å². The third-order valence-electron chi connectivity index (χ3n) is 2.37. The lowest BCUT2D eigenvalue weighted by Crippen LogP contribution is -2.18. The van der Waals surface area contributed by atoms with Crippen molar-refractivity contribution in [1.29, 1.82) is 0 Å². The van der Waals surface area contributed by atoms with Gasteiger partial charge in [-0.15, -0.1) is 0 Å². The highest BCUT2D eigenvalue weighted by atomic mass is 79.9. The molecule has 6 nitrogen and oxygen atoms in total. The third-order valence-corrected chi connectivity index (χ3v) is 3.81. The number of ether oxygens (including phenoxy) is 1. The molecule has 2 aromatic rings. The summed E-state index contributed by atoms with van der Waals surface area (Å²) in [6.07, 6.45) is 2.63. The largest absolute Gasteiger partial charge is 0.492 e. The second-order valence-corrected chi connectivity index (χ2v) is 5.91. The number of aromatic amines is 1. The third kappa shape index (κ3) is 3.86. The zero-order chi connectivity index (χ0) is 15.4. The molecule has 110 valence electrons. The average molecular weight is 434 g/mol. The van der Waals surface area contributed by atoms with Gasteiger partial charge in [0.25, 0.3) is 5.56 Å². The SMILES string of the molecule is CCOc1c(Br)cc(/C=N\n2c(=O)cn[nH]c2=S)cc1Br. The van der Waals surface area contributed by atoms with Crippen molar-refractivity contribution in [1.82, 2.24) is 14.9 Å². The lowest BCUT2D eigenvalue weighted by molar-refractivity contribution is 0.336. The van der Waals surface area contributed by atoms with Gasteiger partial charge in [-0.1, -0.05) is 0 Å². The molecule has 0 atom stereocenters. The fourth-order valence-corrected chi connectivity index (χ4v) is 3.16. The minimum Gasteiger partial charge on any atom is -0.492 e. The highest BCUT2D eigenvalue weighted by molar-refractivity contribution is 9.11. The summed E-state index contributed by atoms with van der Waals surface area (Å²) < 4.78 is 8.25. The van der Waals surface area contributed by atoms with Crippen LogP contribution in [0.15, 0.2) is 37.2 Å². The van der Waals surface area contributed by atoms with Gasteiger partial charge in [0.1, 0.15) is 11.9 Å². The Morgan fingerprint density at radius 3 is 2.71 bits per heavy atom. The minimum atomic E-state index is -0.404. The first-order valence-electron chi connectivity index (χ1n) is 5.86. The van der Waals surface area contributed by atoms with E-state index in [2.05, 4.69) is 47.2 Å². The van der Waals surface area contributed by atoms with Crippen LogP contribution in [0, 0.1) is 4.77 Å². The number of hydrogen-bond acceptors (Lipinski definition) is 5. The van der Waals surface area contributed by atoms with Crippen molar-refractivity contribution in [3.8, 4) is 5.75 Å². The number of nitrogens with one attached hydrogen (secondary N) is 1. The molecule has 9 heteroatoms. The molecule has 1 aromatic carbocycles. The van der Waals surface area contributed by atoms with Crippen LogP contribution in [0.2, 0.25) is 0 Å². The van der Waals surface area contributed by atoms with E-state index in [9.17, 15) is 4.79 Å². The van der Waals surface area contributed by atoms with Crippen molar-refractivity contribution in [2.75, 3.05) is 6.61 Å². The highest BCUT2D eigenvalue weighted by Gasteiger charge is 2.07. The summed E-state index contributed by atoms with van der Waals surface area (Å²) in [5, 5.41) is 10.1. The van der Waals surface area contributed by atoms with Gasteiger partial charge in [0, 0.05) is 0 Å². The van der Waals surface area contributed by atoms with Crippen molar-refractivity contribution in [2.45, 2.75) is 6.92 Å². The van der Waals surface area contributed by atoms with Crippen LogP contribution in [-0.2, 0) is 0 Å². The van der Waals surface area contributed by atoms with Crippen LogP contribution in [0.3, 0.4) is 0 Å². The van der Waals surface area contributed by atoms with Gasteiger partial charge in [0.05, 0.1) is 21.8 Å². The molecule has 1 N–H and O–H groups in total. The predicted octanol–water partition coefficient (Wildman–Crippen LogP) is 3.11. The smallest absolute Gasteiger partial charge is 0.293 e. The summed E-state index contributed by atoms with van der Waals surface area (Å²) in [4.78, 5) is 11.6. The summed E-state index contributed by atoms with van der Waals surface area (Å²) in [6.45, 7) is 2.47. The fraction of sp³-hybridized carbons (Fsp3) is 0.167. The number of halogens is 2. The Hall–Kier alpha value is -1.32. The van der Waals surface area contributed by atoms with Gasteiger partial charge >= 0.3 is 0 Å². The first-order chi connectivity index (χ1) is 10.0. The van der Waals surface area contributed by atoms with E-state index in [-0.39, 0.29) is 4.77 Å². The quantitative estimate of drug-likeness (QED) is 0.593. The Labute approximate surface area is 142 Å². The van der Waals surface area contributed by atoms with E-state index in [0.29, 0.717) is 12.4 Å². The van der Waals surface area contributed by atoms with E-state index >= 15 is 0 Å².